The van der Waals surface area contributed by atoms with E-state index in [-0.39, 0.29) is 11.9 Å². The monoisotopic (exact) mass is 322 g/mol. The molecule has 1 aromatic carbocycles. The van der Waals surface area contributed by atoms with E-state index in [0.717, 1.165) is 27.8 Å². The van der Waals surface area contributed by atoms with Gasteiger partial charge in [-0.1, -0.05) is 17.7 Å². The number of pyridine rings is 1. The van der Waals surface area contributed by atoms with Gasteiger partial charge in [-0.3, -0.25) is 4.79 Å². The van der Waals surface area contributed by atoms with Gasteiger partial charge in [-0.15, -0.1) is 0 Å². The Morgan fingerprint density at radius 3 is 2.38 bits per heavy atom. The highest BCUT2D eigenvalue weighted by atomic mass is 16.1. The van der Waals surface area contributed by atoms with E-state index in [1.807, 2.05) is 24.6 Å². The minimum atomic E-state index is -0.156. The maximum atomic E-state index is 12.6. The SMILES string of the molecule is Cc1cc(C)c(NC(=O)c2cnc3c(cnn3C(C)C)c2)c(C)c1. The summed E-state index contributed by atoms with van der Waals surface area (Å²) in [4.78, 5) is 17.0. The number of nitrogens with zero attached hydrogens (tertiary/aromatic N) is 3. The molecule has 0 aliphatic heterocycles. The molecule has 0 saturated heterocycles. The number of carbonyl (C=O) groups is 1. The van der Waals surface area contributed by atoms with Crippen LogP contribution in [0.3, 0.4) is 0 Å². The largest absolute Gasteiger partial charge is 0.321 e. The summed E-state index contributed by atoms with van der Waals surface area (Å²) in [6.07, 6.45) is 3.36. The molecule has 0 saturated carbocycles. The zero-order valence-corrected chi connectivity index (χ0v) is 14.7. The lowest BCUT2D eigenvalue weighted by Crippen LogP contribution is -2.14. The van der Waals surface area contributed by atoms with Crippen molar-refractivity contribution >= 4 is 22.6 Å². The highest BCUT2D eigenvalue weighted by molar-refractivity contribution is 6.06. The summed E-state index contributed by atoms with van der Waals surface area (Å²) in [7, 11) is 0. The van der Waals surface area contributed by atoms with E-state index in [0.29, 0.717) is 5.56 Å². The zero-order chi connectivity index (χ0) is 17.4. The summed E-state index contributed by atoms with van der Waals surface area (Å²) in [6.45, 7) is 10.2. The molecule has 0 radical (unpaired) electrons. The van der Waals surface area contributed by atoms with Gasteiger partial charge in [0.15, 0.2) is 5.65 Å². The molecule has 1 amide bonds. The normalized spacial score (nSPS) is 11.2. The first-order valence-corrected chi connectivity index (χ1v) is 8.09. The molecule has 0 aliphatic carbocycles. The van der Waals surface area contributed by atoms with Crippen LogP contribution in [0.1, 0.15) is 46.9 Å². The molecule has 0 spiro atoms. The molecular formula is C19H22N4O. The highest BCUT2D eigenvalue weighted by Crippen LogP contribution is 2.23. The fraction of sp³-hybridized carbons (Fsp3) is 0.316. The molecule has 3 aromatic rings. The van der Waals surface area contributed by atoms with Crippen molar-refractivity contribution in [3.05, 3.63) is 52.8 Å². The first-order valence-electron chi connectivity index (χ1n) is 8.09. The van der Waals surface area contributed by atoms with Gasteiger partial charge in [0.1, 0.15) is 0 Å². The van der Waals surface area contributed by atoms with Crippen molar-refractivity contribution < 1.29 is 4.79 Å². The molecule has 0 atom stereocenters. The molecule has 0 aliphatic rings. The number of fused-ring (bicyclic) bond motifs is 1. The molecule has 5 heteroatoms. The first kappa shape index (κ1) is 16.2. The lowest BCUT2D eigenvalue weighted by molar-refractivity contribution is 0.102. The minimum Gasteiger partial charge on any atom is -0.321 e. The van der Waals surface area contributed by atoms with Crippen molar-refractivity contribution in [2.75, 3.05) is 5.32 Å². The van der Waals surface area contributed by atoms with E-state index < -0.39 is 0 Å². The summed E-state index contributed by atoms with van der Waals surface area (Å²) in [6, 6.07) is 6.20. The van der Waals surface area contributed by atoms with E-state index in [9.17, 15) is 4.79 Å². The molecule has 3 rings (SSSR count). The number of carbonyl (C=O) groups excluding carboxylic acids is 1. The molecular weight excluding hydrogens is 300 g/mol. The third-order valence-electron chi connectivity index (χ3n) is 4.10. The van der Waals surface area contributed by atoms with Gasteiger partial charge in [0.25, 0.3) is 5.91 Å². The van der Waals surface area contributed by atoms with Gasteiger partial charge in [0.2, 0.25) is 0 Å². The van der Waals surface area contributed by atoms with E-state index in [1.165, 1.54) is 5.56 Å². The third kappa shape index (κ3) is 2.89. The number of amides is 1. The van der Waals surface area contributed by atoms with Gasteiger partial charge < -0.3 is 5.32 Å². The second-order valence-electron chi connectivity index (χ2n) is 6.55. The quantitative estimate of drug-likeness (QED) is 0.786. The number of aromatic nitrogens is 3. The topological polar surface area (TPSA) is 59.8 Å². The average Bonchev–Trinajstić information content (AvgIpc) is 2.93. The van der Waals surface area contributed by atoms with Crippen LogP contribution in [0.5, 0.6) is 0 Å². The van der Waals surface area contributed by atoms with Crippen LogP contribution in [0.4, 0.5) is 5.69 Å². The Morgan fingerprint density at radius 1 is 1.08 bits per heavy atom. The van der Waals surface area contributed by atoms with E-state index in [1.54, 1.807) is 12.4 Å². The maximum Gasteiger partial charge on any atom is 0.257 e. The number of hydrogen-bond acceptors (Lipinski definition) is 3. The number of anilines is 1. The number of aryl methyl sites for hydroxylation is 3. The second kappa shape index (κ2) is 6.07. The fourth-order valence-electron chi connectivity index (χ4n) is 3.01. The fourth-order valence-corrected chi connectivity index (χ4v) is 3.01. The predicted octanol–water partition coefficient (Wildman–Crippen LogP) is 4.19. The minimum absolute atomic E-state index is 0.156. The third-order valence-corrected chi connectivity index (χ3v) is 4.10. The molecule has 2 aromatic heterocycles. The van der Waals surface area contributed by atoms with Crippen molar-refractivity contribution in [3.63, 3.8) is 0 Å². The molecule has 0 fully saturated rings. The van der Waals surface area contributed by atoms with E-state index in [4.69, 9.17) is 0 Å². The van der Waals surface area contributed by atoms with Crippen LogP contribution < -0.4 is 5.32 Å². The molecule has 0 unspecified atom stereocenters. The Labute approximate surface area is 141 Å². The van der Waals surface area contributed by atoms with Crippen LogP contribution in [0, 0.1) is 20.8 Å². The van der Waals surface area contributed by atoms with Gasteiger partial charge in [-0.05, 0) is 51.8 Å². The van der Waals surface area contributed by atoms with Crippen molar-refractivity contribution in [1.29, 1.82) is 0 Å². The van der Waals surface area contributed by atoms with Gasteiger partial charge in [0, 0.05) is 23.3 Å². The summed E-state index contributed by atoms with van der Waals surface area (Å²) in [5.41, 5.74) is 5.50. The summed E-state index contributed by atoms with van der Waals surface area (Å²) in [5, 5.41) is 8.22. The van der Waals surface area contributed by atoms with Crippen LogP contribution in [-0.4, -0.2) is 20.7 Å². The second-order valence-corrected chi connectivity index (χ2v) is 6.55. The first-order chi connectivity index (χ1) is 11.4. The van der Waals surface area contributed by atoms with Crippen LogP contribution in [0.25, 0.3) is 11.0 Å². The lowest BCUT2D eigenvalue weighted by atomic mass is 10.0. The van der Waals surface area contributed by atoms with Crippen LogP contribution in [-0.2, 0) is 0 Å². The number of nitrogens with one attached hydrogen (secondary N) is 1. The van der Waals surface area contributed by atoms with Crippen molar-refractivity contribution in [3.8, 4) is 0 Å². The summed E-state index contributed by atoms with van der Waals surface area (Å²) >= 11 is 0. The Morgan fingerprint density at radius 2 is 1.75 bits per heavy atom. The molecule has 2 heterocycles. The van der Waals surface area contributed by atoms with Gasteiger partial charge in [0.05, 0.1) is 11.8 Å². The molecule has 124 valence electrons. The lowest BCUT2D eigenvalue weighted by Gasteiger charge is -2.13. The molecule has 5 nitrogen and oxygen atoms in total. The average molecular weight is 322 g/mol. The number of rotatable bonds is 3. The van der Waals surface area contributed by atoms with Gasteiger partial charge >= 0.3 is 0 Å². The highest BCUT2D eigenvalue weighted by Gasteiger charge is 2.14. The van der Waals surface area contributed by atoms with Crippen molar-refractivity contribution in [2.45, 2.75) is 40.7 Å². The van der Waals surface area contributed by atoms with Crippen molar-refractivity contribution in [2.24, 2.45) is 0 Å². The molecule has 0 bridgehead atoms. The molecule has 24 heavy (non-hydrogen) atoms. The Bertz CT molecular complexity index is 901. The van der Waals surface area contributed by atoms with E-state index >= 15 is 0 Å². The maximum absolute atomic E-state index is 12.6. The van der Waals surface area contributed by atoms with Crippen LogP contribution in [0.15, 0.2) is 30.6 Å². The predicted molar refractivity (Wildman–Crippen MR) is 96.5 cm³/mol. The van der Waals surface area contributed by atoms with Crippen molar-refractivity contribution in [1.82, 2.24) is 14.8 Å². The number of hydrogen-bond donors (Lipinski definition) is 1. The number of benzene rings is 1. The van der Waals surface area contributed by atoms with Crippen LogP contribution >= 0.6 is 0 Å². The Kier molecular flexibility index (Phi) is 4.09. The summed E-state index contributed by atoms with van der Waals surface area (Å²) in [5.74, 6) is -0.156. The Balaban J connectivity index is 1.92. The van der Waals surface area contributed by atoms with Gasteiger partial charge in [-0.2, -0.15) is 5.10 Å². The Hall–Kier alpha value is -2.69. The zero-order valence-electron chi connectivity index (χ0n) is 14.7. The molecule has 1 N–H and O–H groups in total. The standard InChI is InChI=1S/C19H22N4O/c1-11(2)23-18-15(10-21-23)8-16(9-20-18)19(24)22-17-13(4)6-12(3)7-14(17)5/h6-11H,1-5H3,(H,22,24). The smallest absolute Gasteiger partial charge is 0.257 e. The summed E-state index contributed by atoms with van der Waals surface area (Å²) < 4.78 is 1.85. The van der Waals surface area contributed by atoms with Crippen LogP contribution in [0.2, 0.25) is 0 Å². The van der Waals surface area contributed by atoms with E-state index in [2.05, 4.69) is 48.3 Å². The van der Waals surface area contributed by atoms with Gasteiger partial charge in [-0.25, -0.2) is 9.67 Å².